The van der Waals surface area contributed by atoms with Gasteiger partial charge in [-0.2, -0.15) is 0 Å². The van der Waals surface area contributed by atoms with Gasteiger partial charge in [0.1, 0.15) is 6.10 Å². The number of rotatable bonds is 8. The molecule has 3 rings (SSSR count). The van der Waals surface area contributed by atoms with Crippen LogP contribution < -0.4 is 5.73 Å². The van der Waals surface area contributed by atoms with Gasteiger partial charge in [0.25, 0.3) is 0 Å². The predicted molar refractivity (Wildman–Crippen MR) is 132 cm³/mol. The Hall–Kier alpha value is -2.08. The van der Waals surface area contributed by atoms with Crippen LogP contribution in [0.3, 0.4) is 0 Å². The quantitative estimate of drug-likeness (QED) is 0.513. The Bertz CT molecular complexity index is 993. The van der Waals surface area contributed by atoms with Crippen molar-refractivity contribution in [3.05, 3.63) is 69.7 Å². The number of hydrogen-bond acceptors (Lipinski definition) is 3. The molecular formula is C26H32Cl2N2O3. The van der Waals surface area contributed by atoms with E-state index in [4.69, 9.17) is 28.9 Å². The fraction of sp³-hybridized carbons (Fsp3) is 0.462. The number of carbonyl (C=O) groups excluding carboxylic acids is 2. The second-order valence-corrected chi connectivity index (χ2v) is 10.1. The number of primary amides is 1. The first kappa shape index (κ1) is 25.5. The van der Waals surface area contributed by atoms with Crippen molar-refractivity contribution in [2.45, 2.75) is 70.6 Å². The predicted octanol–water partition coefficient (Wildman–Crippen LogP) is 5.48. The SMILES string of the molecule is CCC(CC)N1C(=O)C(C)(CC(O)C(N)=O)CC(c2cccc(Cl)c2)C1c1ccc(Cl)cc1. The minimum atomic E-state index is -1.39. The highest BCUT2D eigenvalue weighted by Crippen LogP contribution is 2.52. The average Bonchev–Trinajstić information content (AvgIpc) is 2.78. The first-order valence-corrected chi connectivity index (χ1v) is 12.2. The van der Waals surface area contributed by atoms with Crippen LogP contribution >= 0.6 is 23.2 Å². The lowest BCUT2D eigenvalue weighted by Crippen LogP contribution is -2.56. The molecule has 1 aliphatic heterocycles. The number of aliphatic hydroxyl groups is 1. The zero-order valence-electron chi connectivity index (χ0n) is 19.3. The highest BCUT2D eigenvalue weighted by molar-refractivity contribution is 6.30. The summed E-state index contributed by atoms with van der Waals surface area (Å²) < 4.78 is 0. The molecule has 2 amide bonds. The van der Waals surface area contributed by atoms with E-state index in [0.29, 0.717) is 16.5 Å². The molecule has 7 heteroatoms. The van der Waals surface area contributed by atoms with E-state index >= 15 is 0 Å². The van der Waals surface area contributed by atoms with Crippen LogP contribution in [0.1, 0.15) is 69.5 Å². The van der Waals surface area contributed by atoms with Crippen molar-refractivity contribution >= 4 is 35.0 Å². The molecule has 2 aromatic rings. The maximum absolute atomic E-state index is 14.1. The molecule has 0 bridgehead atoms. The van der Waals surface area contributed by atoms with Gasteiger partial charge in [-0.15, -0.1) is 0 Å². The Morgan fingerprint density at radius 2 is 1.76 bits per heavy atom. The molecule has 1 fully saturated rings. The van der Waals surface area contributed by atoms with Crippen molar-refractivity contribution in [2.24, 2.45) is 11.1 Å². The van der Waals surface area contributed by atoms with Crippen molar-refractivity contribution in [2.75, 3.05) is 0 Å². The van der Waals surface area contributed by atoms with E-state index in [1.807, 2.05) is 60.4 Å². The zero-order chi connectivity index (χ0) is 24.3. The minimum absolute atomic E-state index is 0.00907. The summed E-state index contributed by atoms with van der Waals surface area (Å²) in [7, 11) is 0. The molecule has 178 valence electrons. The number of piperidine rings is 1. The number of benzene rings is 2. The molecule has 0 aliphatic carbocycles. The molecule has 0 aromatic heterocycles. The van der Waals surface area contributed by atoms with Crippen LogP contribution in [0.4, 0.5) is 0 Å². The molecule has 0 spiro atoms. The molecule has 3 N–H and O–H groups in total. The smallest absolute Gasteiger partial charge is 0.246 e. The Morgan fingerprint density at radius 3 is 2.30 bits per heavy atom. The summed E-state index contributed by atoms with van der Waals surface area (Å²) in [5, 5.41) is 11.6. The number of likely N-dealkylation sites (tertiary alicyclic amines) is 1. The summed E-state index contributed by atoms with van der Waals surface area (Å²) in [5.74, 6) is -1.000. The lowest BCUT2D eigenvalue weighted by atomic mass is 9.66. The highest BCUT2D eigenvalue weighted by Gasteiger charge is 2.52. The molecule has 2 aromatic carbocycles. The summed E-state index contributed by atoms with van der Waals surface area (Å²) in [6, 6.07) is 15.0. The molecule has 33 heavy (non-hydrogen) atoms. The Labute approximate surface area is 205 Å². The summed E-state index contributed by atoms with van der Waals surface area (Å²) in [6.45, 7) is 5.96. The van der Waals surface area contributed by atoms with E-state index in [2.05, 4.69) is 13.8 Å². The number of nitrogens with zero attached hydrogens (tertiary/aromatic N) is 1. The van der Waals surface area contributed by atoms with Crippen LogP contribution in [-0.2, 0) is 9.59 Å². The normalized spacial score (nSPS) is 24.2. The number of carbonyl (C=O) groups is 2. The lowest BCUT2D eigenvalue weighted by molar-refractivity contribution is -0.158. The summed E-state index contributed by atoms with van der Waals surface area (Å²) in [4.78, 5) is 27.7. The zero-order valence-corrected chi connectivity index (χ0v) is 20.8. The first-order valence-electron chi connectivity index (χ1n) is 11.4. The fourth-order valence-electron chi connectivity index (χ4n) is 5.18. The molecule has 1 aliphatic rings. The molecular weight excluding hydrogens is 459 g/mol. The van der Waals surface area contributed by atoms with E-state index in [-0.39, 0.29) is 30.3 Å². The molecule has 1 heterocycles. The molecule has 5 nitrogen and oxygen atoms in total. The Balaban J connectivity index is 2.20. The van der Waals surface area contributed by atoms with Crippen molar-refractivity contribution < 1.29 is 14.7 Å². The average molecular weight is 491 g/mol. The Kier molecular flexibility index (Phi) is 8.09. The fourth-order valence-corrected chi connectivity index (χ4v) is 5.50. The van der Waals surface area contributed by atoms with Gasteiger partial charge in [-0.05, 0) is 61.1 Å². The molecule has 0 radical (unpaired) electrons. The topological polar surface area (TPSA) is 83.6 Å². The van der Waals surface area contributed by atoms with Gasteiger partial charge in [0, 0.05) is 22.0 Å². The van der Waals surface area contributed by atoms with E-state index in [9.17, 15) is 14.7 Å². The van der Waals surface area contributed by atoms with Gasteiger partial charge in [-0.3, -0.25) is 9.59 Å². The molecule has 4 atom stereocenters. The van der Waals surface area contributed by atoms with E-state index in [1.54, 1.807) is 0 Å². The maximum Gasteiger partial charge on any atom is 0.246 e. The number of nitrogens with two attached hydrogens (primary N) is 1. The summed E-state index contributed by atoms with van der Waals surface area (Å²) in [5.41, 5.74) is 6.39. The van der Waals surface area contributed by atoms with Crippen LogP contribution in [-0.4, -0.2) is 34.0 Å². The van der Waals surface area contributed by atoms with Crippen LogP contribution in [0.25, 0.3) is 0 Å². The van der Waals surface area contributed by atoms with Gasteiger partial charge in [-0.1, -0.05) is 68.2 Å². The maximum atomic E-state index is 14.1. The second kappa shape index (κ2) is 10.5. The van der Waals surface area contributed by atoms with E-state index < -0.39 is 17.4 Å². The molecule has 1 saturated heterocycles. The van der Waals surface area contributed by atoms with Gasteiger partial charge in [-0.25, -0.2) is 0 Å². The highest BCUT2D eigenvalue weighted by atomic mass is 35.5. The van der Waals surface area contributed by atoms with E-state index in [0.717, 1.165) is 24.0 Å². The lowest BCUT2D eigenvalue weighted by Gasteiger charge is -2.52. The van der Waals surface area contributed by atoms with Crippen molar-refractivity contribution in [3.63, 3.8) is 0 Å². The third-order valence-corrected chi connectivity index (χ3v) is 7.39. The van der Waals surface area contributed by atoms with Gasteiger partial charge in [0.2, 0.25) is 11.8 Å². The number of aliphatic hydroxyl groups excluding tert-OH is 1. The first-order chi connectivity index (χ1) is 15.6. The van der Waals surface area contributed by atoms with Crippen molar-refractivity contribution in [1.82, 2.24) is 4.90 Å². The van der Waals surface area contributed by atoms with Crippen LogP contribution in [0, 0.1) is 5.41 Å². The van der Waals surface area contributed by atoms with Gasteiger partial charge < -0.3 is 15.7 Å². The Morgan fingerprint density at radius 1 is 1.12 bits per heavy atom. The molecule has 0 saturated carbocycles. The standard InChI is InChI=1S/C26H32Cl2N2O3/c1-4-20(5-2)30-23(16-9-11-18(27)12-10-16)21(17-7-6-8-19(28)13-17)14-26(3,25(30)33)15-22(31)24(29)32/h6-13,20-23,31H,4-5,14-15H2,1-3H3,(H2,29,32). The number of halogens is 2. The summed E-state index contributed by atoms with van der Waals surface area (Å²) >= 11 is 12.5. The van der Waals surface area contributed by atoms with Crippen molar-refractivity contribution in [3.8, 4) is 0 Å². The monoisotopic (exact) mass is 490 g/mol. The van der Waals surface area contributed by atoms with Crippen LogP contribution in [0.5, 0.6) is 0 Å². The van der Waals surface area contributed by atoms with Crippen LogP contribution in [0.15, 0.2) is 48.5 Å². The molecule has 4 unspecified atom stereocenters. The van der Waals surface area contributed by atoms with E-state index in [1.165, 1.54) is 0 Å². The second-order valence-electron chi connectivity index (χ2n) is 9.23. The van der Waals surface area contributed by atoms with Crippen molar-refractivity contribution in [1.29, 1.82) is 0 Å². The summed E-state index contributed by atoms with van der Waals surface area (Å²) in [6.07, 6.45) is 0.587. The minimum Gasteiger partial charge on any atom is -0.383 e. The van der Waals surface area contributed by atoms with Gasteiger partial charge in [0.05, 0.1) is 11.5 Å². The van der Waals surface area contributed by atoms with Crippen LogP contribution in [0.2, 0.25) is 10.0 Å². The van der Waals surface area contributed by atoms with Gasteiger partial charge in [0.15, 0.2) is 0 Å². The third kappa shape index (κ3) is 5.37. The number of amides is 2. The van der Waals surface area contributed by atoms with Gasteiger partial charge >= 0.3 is 0 Å². The largest absolute Gasteiger partial charge is 0.383 e. The number of hydrogen-bond donors (Lipinski definition) is 2. The third-order valence-electron chi connectivity index (χ3n) is 6.90.